The van der Waals surface area contributed by atoms with Crippen LogP contribution in [-0.4, -0.2) is 60.4 Å². The molecule has 1 aliphatic carbocycles. The number of hydrogen-bond donors (Lipinski definition) is 4. The van der Waals surface area contributed by atoms with Gasteiger partial charge >= 0.3 is 0 Å². The molecule has 1 aromatic carbocycles. The first-order chi connectivity index (χ1) is 17.6. The maximum Gasteiger partial charge on any atom is 0.258 e. The summed E-state index contributed by atoms with van der Waals surface area (Å²) in [5.41, 5.74) is 1.92. The van der Waals surface area contributed by atoms with Gasteiger partial charge in [-0.15, -0.1) is 0 Å². The van der Waals surface area contributed by atoms with E-state index in [1.165, 1.54) is 26.7 Å². The number of rotatable bonds is 4. The van der Waals surface area contributed by atoms with E-state index in [2.05, 4.69) is 30.2 Å². The van der Waals surface area contributed by atoms with Gasteiger partial charge in [0, 0.05) is 25.8 Å². The molecule has 1 aromatic heterocycles. The maximum atomic E-state index is 13.5. The van der Waals surface area contributed by atoms with Crippen molar-refractivity contribution in [3.63, 3.8) is 0 Å². The highest BCUT2D eigenvalue weighted by Gasteiger charge is 2.51. The van der Waals surface area contributed by atoms with Crippen molar-refractivity contribution in [1.82, 2.24) is 9.97 Å². The number of anilines is 4. The lowest BCUT2D eigenvalue weighted by Gasteiger charge is -2.41. The van der Waals surface area contributed by atoms with Gasteiger partial charge < -0.3 is 20.6 Å². The monoisotopic (exact) mass is 528 g/mol. The number of fused-ring (bicyclic) bond motifs is 7. The Morgan fingerprint density at radius 3 is 2.78 bits per heavy atom. The molecule has 1 amide bonds. The number of amides is 1. The average molecular weight is 529 g/mol. The van der Waals surface area contributed by atoms with Gasteiger partial charge in [0.1, 0.15) is 10.6 Å². The number of nitrogens with one attached hydrogen (secondary N) is 3. The van der Waals surface area contributed by atoms with E-state index in [1.807, 2.05) is 0 Å². The zero-order valence-corrected chi connectivity index (χ0v) is 22.3. The lowest BCUT2D eigenvalue weighted by molar-refractivity contribution is 0.102. The van der Waals surface area contributed by atoms with Crippen LogP contribution < -0.4 is 20.3 Å². The number of piperidine rings is 1. The van der Waals surface area contributed by atoms with Crippen LogP contribution in [0.1, 0.15) is 62.7 Å². The Kier molecular flexibility index (Phi) is 6.78. The molecule has 11 heteroatoms. The largest absolute Gasteiger partial charge is 0.395 e. The Labute approximate surface area is 218 Å². The second-order valence-electron chi connectivity index (χ2n) is 11.2. The minimum absolute atomic E-state index is 0.317. The SMILES string of the molecule is CC(C)(CO)S(=O)(=O)Nc1ccc2c(c1)N1CCC3(CC3)[C@H](CCCCNc3nccc(n3)NC2=O)C1. The van der Waals surface area contributed by atoms with Crippen molar-refractivity contribution < 1.29 is 18.3 Å². The number of hydrogen-bond acceptors (Lipinski definition) is 8. The van der Waals surface area contributed by atoms with Gasteiger partial charge in [-0.05, 0) is 81.5 Å². The number of aliphatic hydroxyl groups excluding tert-OH is 1. The van der Waals surface area contributed by atoms with E-state index in [9.17, 15) is 18.3 Å². The van der Waals surface area contributed by atoms with Gasteiger partial charge in [0.2, 0.25) is 16.0 Å². The molecule has 1 atom stereocenters. The van der Waals surface area contributed by atoms with Crippen molar-refractivity contribution in [2.75, 3.05) is 46.5 Å². The van der Waals surface area contributed by atoms with Crippen LogP contribution in [0.25, 0.3) is 0 Å². The first kappa shape index (κ1) is 25.7. The molecule has 37 heavy (non-hydrogen) atoms. The summed E-state index contributed by atoms with van der Waals surface area (Å²) < 4.78 is 27.1. The highest BCUT2D eigenvalue weighted by Crippen LogP contribution is 2.58. The van der Waals surface area contributed by atoms with Crippen molar-refractivity contribution in [1.29, 1.82) is 0 Å². The fourth-order valence-electron chi connectivity index (χ4n) is 5.39. The third-order valence-corrected chi connectivity index (χ3v) is 10.3. The Morgan fingerprint density at radius 1 is 1.22 bits per heavy atom. The number of aliphatic hydroxyl groups is 1. The maximum absolute atomic E-state index is 13.5. The molecule has 2 aliphatic heterocycles. The third-order valence-electron chi connectivity index (χ3n) is 8.18. The summed E-state index contributed by atoms with van der Waals surface area (Å²) in [7, 11) is -3.86. The minimum atomic E-state index is -3.86. The van der Waals surface area contributed by atoms with Crippen molar-refractivity contribution in [2.45, 2.75) is 57.1 Å². The quantitative estimate of drug-likeness (QED) is 0.474. The molecule has 4 bridgehead atoms. The van der Waals surface area contributed by atoms with E-state index in [0.29, 0.717) is 40.0 Å². The van der Waals surface area contributed by atoms with Crippen LogP contribution in [0.4, 0.5) is 23.1 Å². The van der Waals surface area contributed by atoms with Gasteiger partial charge in [-0.2, -0.15) is 4.98 Å². The highest BCUT2D eigenvalue weighted by molar-refractivity contribution is 7.94. The topological polar surface area (TPSA) is 137 Å². The molecule has 3 aliphatic rings. The molecule has 200 valence electrons. The number of aromatic nitrogens is 2. The first-order valence-corrected chi connectivity index (χ1v) is 14.5. The number of nitrogens with zero attached hydrogens (tertiary/aromatic N) is 3. The normalized spacial score (nSPS) is 21.6. The molecule has 2 aromatic rings. The molecular formula is C26H36N6O4S. The molecule has 0 radical (unpaired) electrons. The van der Waals surface area contributed by atoms with Crippen LogP contribution in [-0.2, 0) is 10.0 Å². The van der Waals surface area contributed by atoms with Crippen LogP contribution >= 0.6 is 0 Å². The van der Waals surface area contributed by atoms with Crippen LogP contribution in [0.2, 0.25) is 0 Å². The van der Waals surface area contributed by atoms with Gasteiger partial charge in [-0.1, -0.05) is 6.42 Å². The predicted molar refractivity (Wildman–Crippen MR) is 144 cm³/mol. The highest BCUT2D eigenvalue weighted by atomic mass is 32.2. The zero-order chi connectivity index (χ0) is 26.3. The molecule has 1 saturated carbocycles. The van der Waals surface area contributed by atoms with E-state index in [1.54, 1.807) is 30.5 Å². The van der Waals surface area contributed by atoms with Crippen molar-refractivity contribution in [3.8, 4) is 0 Å². The average Bonchev–Trinajstić information content (AvgIpc) is 3.64. The van der Waals surface area contributed by atoms with Gasteiger partial charge in [0.25, 0.3) is 5.91 Å². The second-order valence-corrected chi connectivity index (χ2v) is 13.5. The summed E-state index contributed by atoms with van der Waals surface area (Å²) in [6.07, 6.45) is 8.40. The predicted octanol–water partition coefficient (Wildman–Crippen LogP) is 3.44. The van der Waals surface area contributed by atoms with Gasteiger partial charge in [-0.3, -0.25) is 9.52 Å². The van der Waals surface area contributed by atoms with Crippen molar-refractivity contribution in [2.24, 2.45) is 11.3 Å². The van der Waals surface area contributed by atoms with E-state index in [-0.39, 0.29) is 5.91 Å². The van der Waals surface area contributed by atoms with Crippen LogP contribution in [0.3, 0.4) is 0 Å². The van der Waals surface area contributed by atoms with Crippen molar-refractivity contribution in [3.05, 3.63) is 36.0 Å². The number of carbonyl (C=O) groups is 1. The molecule has 4 N–H and O–H groups in total. The summed E-state index contributed by atoms with van der Waals surface area (Å²) in [6.45, 7) is 4.85. The number of benzene rings is 1. The Hall–Kier alpha value is -2.92. The summed E-state index contributed by atoms with van der Waals surface area (Å²) in [5, 5.41) is 15.7. The fraction of sp³-hybridized carbons (Fsp3) is 0.577. The van der Waals surface area contributed by atoms with E-state index >= 15 is 0 Å². The first-order valence-electron chi connectivity index (χ1n) is 13.0. The van der Waals surface area contributed by atoms with Gasteiger partial charge in [-0.25, -0.2) is 13.4 Å². The molecule has 10 nitrogen and oxygen atoms in total. The molecule has 0 unspecified atom stereocenters. The summed E-state index contributed by atoms with van der Waals surface area (Å²) in [5.74, 6) is 1.08. The standard InChI is InChI=1S/C26H36N6O4S/c1-25(2,17-33)37(35,36)31-19-6-7-20-21(15-19)32-14-11-26(9-10-26)18(16-32)5-3-4-12-27-24-28-13-8-22(30-24)29-23(20)34/h6-8,13,15,18,31,33H,3-5,9-12,14,16-17H2,1-2H3,(H2,27,28,29,30,34)/t18-/m1/s1. The summed E-state index contributed by atoms with van der Waals surface area (Å²) in [6, 6.07) is 6.64. The van der Waals surface area contributed by atoms with Crippen molar-refractivity contribution >= 4 is 39.1 Å². The smallest absolute Gasteiger partial charge is 0.258 e. The van der Waals surface area contributed by atoms with Crippen LogP contribution in [0.15, 0.2) is 30.5 Å². The summed E-state index contributed by atoms with van der Waals surface area (Å²) in [4.78, 5) is 24.4. The third kappa shape index (κ3) is 5.24. The Balaban J connectivity index is 1.52. The molecule has 1 spiro atoms. The fourth-order valence-corrected chi connectivity index (χ4v) is 6.27. The minimum Gasteiger partial charge on any atom is -0.395 e. The van der Waals surface area contributed by atoms with E-state index in [4.69, 9.17) is 0 Å². The van der Waals surface area contributed by atoms with Gasteiger partial charge in [0.15, 0.2) is 0 Å². The Bertz CT molecular complexity index is 1280. The Morgan fingerprint density at radius 2 is 2.03 bits per heavy atom. The van der Waals surface area contributed by atoms with Crippen LogP contribution in [0.5, 0.6) is 0 Å². The molecule has 1 saturated heterocycles. The van der Waals surface area contributed by atoms with Gasteiger partial charge in [0.05, 0.1) is 23.5 Å². The number of sulfonamides is 1. The summed E-state index contributed by atoms with van der Waals surface area (Å²) >= 11 is 0. The molecule has 2 fully saturated rings. The lowest BCUT2D eigenvalue weighted by atomic mass is 9.79. The second kappa shape index (κ2) is 9.75. The number of carbonyl (C=O) groups excluding carboxylic acids is 1. The van der Waals surface area contributed by atoms with Crippen LogP contribution in [0, 0.1) is 11.3 Å². The zero-order valence-electron chi connectivity index (χ0n) is 21.5. The molecular weight excluding hydrogens is 492 g/mol. The van der Waals surface area contributed by atoms with E-state index < -0.39 is 21.4 Å². The molecule has 3 heterocycles. The molecule has 5 rings (SSSR count). The van der Waals surface area contributed by atoms with E-state index in [0.717, 1.165) is 45.3 Å². The lowest BCUT2D eigenvalue weighted by Crippen LogP contribution is -2.42.